The first-order valence-corrected chi connectivity index (χ1v) is 8.85. The molecule has 0 amide bonds. The van der Waals surface area contributed by atoms with Gasteiger partial charge in [-0.05, 0) is 48.8 Å². The van der Waals surface area contributed by atoms with Gasteiger partial charge in [0, 0.05) is 12.1 Å². The smallest absolute Gasteiger partial charge is 0.200 e. The number of aromatic amines is 1. The van der Waals surface area contributed by atoms with Gasteiger partial charge in [-0.3, -0.25) is 9.67 Å². The van der Waals surface area contributed by atoms with Gasteiger partial charge in [-0.2, -0.15) is 5.10 Å². The van der Waals surface area contributed by atoms with Crippen molar-refractivity contribution >= 4 is 12.2 Å². The molecule has 0 bridgehead atoms. The van der Waals surface area contributed by atoms with Crippen molar-refractivity contribution in [2.24, 2.45) is 0 Å². The number of aryl methyl sites for hydroxylation is 2. The van der Waals surface area contributed by atoms with Crippen LogP contribution < -0.4 is 0 Å². The molecule has 3 rings (SSSR count). The molecule has 0 fully saturated rings. The van der Waals surface area contributed by atoms with E-state index in [2.05, 4.69) is 10.2 Å². The lowest BCUT2D eigenvalue weighted by atomic mass is 10.1. The highest BCUT2D eigenvalue weighted by molar-refractivity contribution is 7.71. The number of H-pyrrole nitrogens is 1. The molecular weight excluding hydrogens is 350 g/mol. The van der Waals surface area contributed by atoms with Crippen molar-refractivity contribution in [3.8, 4) is 34.3 Å². The Bertz CT molecular complexity index is 977. The first-order valence-electron chi connectivity index (χ1n) is 8.45. The van der Waals surface area contributed by atoms with E-state index in [1.54, 1.807) is 29.7 Å². The number of phenolic OH excluding ortho intramolecular Hbond substituents is 3. The summed E-state index contributed by atoms with van der Waals surface area (Å²) in [6.07, 6.45) is 0.607. The number of rotatable bonds is 3. The summed E-state index contributed by atoms with van der Waals surface area (Å²) in [4.78, 5) is 0. The molecule has 0 saturated carbocycles. The zero-order valence-electron chi connectivity index (χ0n) is 15.2. The highest BCUT2D eigenvalue weighted by Gasteiger charge is 2.17. The van der Waals surface area contributed by atoms with E-state index in [0.717, 1.165) is 5.56 Å². The maximum absolute atomic E-state index is 10.2. The van der Waals surface area contributed by atoms with Crippen LogP contribution in [0, 0.1) is 11.7 Å². The molecule has 0 atom stereocenters. The van der Waals surface area contributed by atoms with Gasteiger partial charge in [0.05, 0.1) is 11.3 Å². The second-order valence-electron chi connectivity index (χ2n) is 5.51. The molecule has 0 spiro atoms. The van der Waals surface area contributed by atoms with Crippen LogP contribution in [-0.4, -0.2) is 30.1 Å². The summed E-state index contributed by atoms with van der Waals surface area (Å²) in [6, 6.07) is 8.14. The van der Waals surface area contributed by atoms with Crippen LogP contribution in [0.2, 0.25) is 0 Å². The van der Waals surface area contributed by atoms with Crippen LogP contribution in [-0.2, 0) is 6.42 Å². The van der Waals surface area contributed by atoms with Crippen molar-refractivity contribution in [1.82, 2.24) is 14.8 Å². The van der Waals surface area contributed by atoms with Gasteiger partial charge in [-0.25, -0.2) is 0 Å². The molecular formula is C19H23N3O3S. The molecule has 4 N–H and O–H groups in total. The zero-order chi connectivity index (χ0) is 19.4. The Kier molecular flexibility index (Phi) is 6.05. The van der Waals surface area contributed by atoms with Gasteiger partial charge in [0.1, 0.15) is 17.2 Å². The molecule has 0 aliphatic rings. The summed E-state index contributed by atoms with van der Waals surface area (Å²) in [6.45, 7) is 7.71. The number of nitrogens with zero attached hydrogens (tertiary/aromatic N) is 2. The highest BCUT2D eigenvalue weighted by Crippen LogP contribution is 2.35. The maximum atomic E-state index is 10.2. The summed E-state index contributed by atoms with van der Waals surface area (Å²) in [5.41, 5.74) is 2.50. The van der Waals surface area contributed by atoms with E-state index in [9.17, 15) is 15.3 Å². The maximum Gasteiger partial charge on any atom is 0.200 e. The molecule has 1 aromatic heterocycles. The lowest BCUT2D eigenvalue weighted by molar-refractivity contribution is 0.447. The third kappa shape index (κ3) is 3.57. The van der Waals surface area contributed by atoms with Crippen molar-refractivity contribution in [2.45, 2.75) is 34.1 Å². The molecule has 3 aromatic rings. The fraction of sp³-hybridized carbons (Fsp3) is 0.263. The number of aromatic nitrogens is 3. The van der Waals surface area contributed by atoms with Gasteiger partial charge in [-0.15, -0.1) is 0 Å². The van der Waals surface area contributed by atoms with Gasteiger partial charge in [0.25, 0.3) is 0 Å². The van der Waals surface area contributed by atoms with E-state index in [1.807, 2.05) is 26.8 Å². The Balaban J connectivity index is 0.00000117. The minimum absolute atomic E-state index is 0.0346. The van der Waals surface area contributed by atoms with E-state index in [1.165, 1.54) is 6.07 Å². The van der Waals surface area contributed by atoms with Crippen molar-refractivity contribution < 1.29 is 15.3 Å². The number of benzene rings is 2. The molecule has 0 saturated heterocycles. The average molecular weight is 373 g/mol. The van der Waals surface area contributed by atoms with E-state index in [-0.39, 0.29) is 17.2 Å². The van der Waals surface area contributed by atoms with Crippen molar-refractivity contribution in [3.05, 3.63) is 46.2 Å². The Hall–Kier alpha value is -2.80. The van der Waals surface area contributed by atoms with E-state index in [4.69, 9.17) is 12.2 Å². The van der Waals surface area contributed by atoms with Crippen LogP contribution in [0.3, 0.4) is 0 Å². The van der Waals surface area contributed by atoms with Gasteiger partial charge < -0.3 is 15.3 Å². The average Bonchev–Trinajstić information content (AvgIpc) is 3.01. The standard InChI is InChI=1S/C17H17N3O3S.C2H6/c1-3-10-6-12(15(23)8-14(10)22)16-18-19-17(24)20(16)11-5-4-9(2)13(21)7-11;1-2/h4-8,21-23H,3H2,1-2H3,(H,19,24);1-2H3. The second-order valence-corrected chi connectivity index (χ2v) is 5.90. The van der Waals surface area contributed by atoms with Crippen molar-refractivity contribution in [1.29, 1.82) is 0 Å². The lowest BCUT2D eigenvalue weighted by Crippen LogP contribution is -1.99. The minimum Gasteiger partial charge on any atom is -0.508 e. The Morgan fingerprint density at radius 1 is 1.04 bits per heavy atom. The van der Waals surface area contributed by atoms with Crippen molar-refractivity contribution in [3.63, 3.8) is 0 Å². The largest absolute Gasteiger partial charge is 0.508 e. The van der Waals surface area contributed by atoms with Crippen molar-refractivity contribution in [2.75, 3.05) is 0 Å². The van der Waals surface area contributed by atoms with Crippen LogP contribution >= 0.6 is 12.2 Å². The molecule has 7 heteroatoms. The predicted molar refractivity (Wildman–Crippen MR) is 105 cm³/mol. The SMILES string of the molecule is CC.CCc1cc(-c2n[nH]c(=S)n2-c2ccc(C)c(O)c2)c(O)cc1O. The third-order valence-corrected chi connectivity index (χ3v) is 4.22. The summed E-state index contributed by atoms with van der Waals surface area (Å²) >= 11 is 5.29. The first-order chi connectivity index (χ1) is 12.4. The normalized spacial score (nSPS) is 10.3. The second kappa shape index (κ2) is 8.05. The quantitative estimate of drug-likeness (QED) is 0.503. The number of hydrogen-bond acceptors (Lipinski definition) is 5. The van der Waals surface area contributed by atoms with Gasteiger partial charge in [0.15, 0.2) is 10.6 Å². The van der Waals surface area contributed by atoms with Crippen LogP contribution in [0.5, 0.6) is 17.2 Å². The summed E-state index contributed by atoms with van der Waals surface area (Å²) in [5, 5.41) is 37.0. The molecule has 0 unspecified atom stereocenters. The summed E-state index contributed by atoms with van der Waals surface area (Å²) in [5.74, 6) is 0.477. The molecule has 1 heterocycles. The molecule has 138 valence electrons. The fourth-order valence-electron chi connectivity index (χ4n) is 2.54. The van der Waals surface area contributed by atoms with Crippen LogP contribution in [0.25, 0.3) is 17.1 Å². The van der Waals surface area contributed by atoms with Gasteiger partial charge in [0.2, 0.25) is 0 Å². The molecule has 2 aromatic carbocycles. The van der Waals surface area contributed by atoms with Crippen LogP contribution in [0.4, 0.5) is 0 Å². The Morgan fingerprint density at radius 2 is 1.73 bits per heavy atom. The van der Waals surface area contributed by atoms with E-state index in [0.29, 0.717) is 33.8 Å². The first kappa shape index (κ1) is 19.5. The lowest BCUT2D eigenvalue weighted by Gasteiger charge is -2.11. The molecule has 0 radical (unpaired) electrons. The topological polar surface area (TPSA) is 94.3 Å². The number of nitrogens with one attached hydrogen (secondary N) is 1. The number of hydrogen-bond donors (Lipinski definition) is 4. The highest BCUT2D eigenvalue weighted by atomic mass is 32.1. The van der Waals surface area contributed by atoms with Gasteiger partial charge >= 0.3 is 0 Å². The van der Waals surface area contributed by atoms with E-state index < -0.39 is 0 Å². The summed E-state index contributed by atoms with van der Waals surface area (Å²) < 4.78 is 1.96. The number of aromatic hydroxyl groups is 3. The predicted octanol–water partition coefficient (Wildman–Crippen LogP) is 4.61. The third-order valence-electron chi connectivity index (χ3n) is 3.94. The van der Waals surface area contributed by atoms with E-state index >= 15 is 0 Å². The number of phenols is 3. The van der Waals surface area contributed by atoms with Crippen LogP contribution in [0.1, 0.15) is 31.9 Å². The molecule has 0 aliphatic heterocycles. The molecule has 26 heavy (non-hydrogen) atoms. The van der Waals surface area contributed by atoms with Gasteiger partial charge in [-0.1, -0.05) is 26.8 Å². The molecule has 6 nitrogen and oxygen atoms in total. The Labute approximate surface area is 157 Å². The molecule has 0 aliphatic carbocycles. The van der Waals surface area contributed by atoms with Crippen LogP contribution in [0.15, 0.2) is 30.3 Å². The Morgan fingerprint density at radius 3 is 2.35 bits per heavy atom. The zero-order valence-corrected chi connectivity index (χ0v) is 16.1. The summed E-state index contributed by atoms with van der Waals surface area (Å²) in [7, 11) is 0. The fourth-order valence-corrected chi connectivity index (χ4v) is 2.78. The minimum atomic E-state index is -0.101. The monoisotopic (exact) mass is 373 g/mol.